The molecule has 0 bridgehead atoms. The second-order valence-corrected chi connectivity index (χ2v) is 4.36. The molecule has 0 aromatic heterocycles. The molecule has 0 radical (unpaired) electrons. The predicted octanol–water partition coefficient (Wildman–Crippen LogP) is 0.607. The van der Waals surface area contributed by atoms with E-state index in [-0.39, 0.29) is 12.8 Å². The molecule has 2 aliphatic heterocycles. The number of hydrogen-bond donors (Lipinski definition) is 1. The van der Waals surface area contributed by atoms with E-state index in [4.69, 9.17) is 4.84 Å². The van der Waals surface area contributed by atoms with Crippen molar-refractivity contribution in [1.29, 1.82) is 0 Å². The van der Waals surface area contributed by atoms with Crippen LogP contribution in [0, 0.1) is 5.92 Å². The van der Waals surface area contributed by atoms with Crippen LogP contribution in [-0.4, -0.2) is 42.2 Å². The lowest BCUT2D eigenvalue weighted by Gasteiger charge is -2.31. The summed E-state index contributed by atoms with van der Waals surface area (Å²) in [6.45, 7) is 0.774. The molecule has 8 heteroatoms. The Bertz CT molecular complexity index is 353. The maximum Gasteiger partial charge on any atom is 0.408 e. The van der Waals surface area contributed by atoms with Crippen molar-refractivity contribution in [2.45, 2.75) is 31.5 Å². The summed E-state index contributed by atoms with van der Waals surface area (Å²) < 4.78 is 37.2. The first-order valence-corrected chi connectivity index (χ1v) is 5.71. The van der Waals surface area contributed by atoms with Gasteiger partial charge in [0.15, 0.2) is 0 Å². The van der Waals surface area contributed by atoms with Crippen LogP contribution in [0.3, 0.4) is 0 Å². The third-order valence-electron chi connectivity index (χ3n) is 3.07. The van der Waals surface area contributed by atoms with E-state index < -0.39 is 30.0 Å². The average molecular weight is 266 g/mol. The number of nitrogens with one attached hydrogen (secondary N) is 1. The molecule has 102 valence electrons. The maximum absolute atomic E-state index is 12.4. The number of amides is 2. The molecular formula is C10H13F3N2O3. The minimum Gasteiger partial charge on any atom is -0.344 e. The fourth-order valence-electron chi connectivity index (χ4n) is 2.09. The molecule has 1 N–H and O–H groups in total. The fraction of sp³-hybridized carbons (Fsp3) is 0.800. The Balaban J connectivity index is 1.97. The molecule has 0 aromatic carbocycles. The standard InChI is InChI=1S/C10H13F3N2O3/c11-10(12,13)7-3-2-6(8(16)14-7)9(17)15-4-1-5-18-15/h6-7H,1-5H2,(H,14,16). The van der Waals surface area contributed by atoms with Crippen molar-refractivity contribution in [2.24, 2.45) is 5.92 Å². The van der Waals surface area contributed by atoms with Crippen molar-refractivity contribution in [3.05, 3.63) is 0 Å². The van der Waals surface area contributed by atoms with Crippen molar-refractivity contribution in [3.63, 3.8) is 0 Å². The van der Waals surface area contributed by atoms with Gasteiger partial charge in [0.05, 0.1) is 13.2 Å². The van der Waals surface area contributed by atoms with E-state index in [1.165, 1.54) is 0 Å². The summed E-state index contributed by atoms with van der Waals surface area (Å²) in [6.07, 6.45) is -4.17. The van der Waals surface area contributed by atoms with Gasteiger partial charge in [-0.15, -0.1) is 0 Å². The molecule has 2 atom stereocenters. The normalized spacial score (nSPS) is 29.3. The Morgan fingerprint density at radius 2 is 2.11 bits per heavy atom. The van der Waals surface area contributed by atoms with Crippen molar-refractivity contribution < 1.29 is 27.6 Å². The van der Waals surface area contributed by atoms with Crippen LogP contribution in [0.1, 0.15) is 19.3 Å². The highest BCUT2D eigenvalue weighted by atomic mass is 19.4. The first kappa shape index (κ1) is 13.1. The molecule has 18 heavy (non-hydrogen) atoms. The Kier molecular flexibility index (Phi) is 3.47. The predicted molar refractivity (Wildman–Crippen MR) is 53.0 cm³/mol. The van der Waals surface area contributed by atoms with Crippen molar-refractivity contribution in [1.82, 2.24) is 10.4 Å². The maximum atomic E-state index is 12.4. The number of hydrogen-bond acceptors (Lipinski definition) is 3. The molecule has 0 saturated carbocycles. The summed E-state index contributed by atoms with van der Waals surface area (Å²) in [5, 5.41) is 2.91. The lowest BCUT2D eigenvalue weighted by Crippen LogP contribution is -2.54. The number of carbonyl (C=O) groups is 2. The molecule has 2 fully saturated rings. The van der Waals surface area contributed by atoms with E-state index in [2.05, 4.69) is 0 Å². The lowest BCUT2D eigenvalue weighted by atomic mass is 9.92. The van der Waals surface area contributed by atoms with Crippen LogP contribution in [-0.2, 0) is 14.4 Å². The average Bonchev–Trinajstić information content (AvgIpc) is 2.80. The molecular weight excluding hydrogens is 253 g/mol. The van der Waals surface area contributed by atoms with Gasteiger partial charge in [-0.25, -0.2) is 5.06 Å². The zero-order valence-corrected chi connectivity index (χ0v) is 9.50. The second kappa shape index (κ2) is 4.75. The van der Waals surface area contributed by atoms with Gasteiger partial charge < -0.3 is 5.32 Å². The zero-order chi connectivity index (χ0) is 13.3. The molecule has 2 rings (SSSR count). The minimum atomic E-state index is -4.46. The Morgan fingerprint density at radius 3 is 2.61 bits per heavy atom. The molecule has 5 nitrogen and oxygen atoms in total. The summed E-state index contributed by atoms with van der Waals surface area (Å²) in [4.78, 5) is 28.4. The highest BCUT2D eigenvalue weighted by molar-refractivity contribution is 6.00. The first-order valence-electron chi connectivity index (χ1n) is 5.71. The molecule has 2 heterocycles. The largest absolute Gasteiger partial charge is 0.408 e. The van der Waals surface area contributed by atoms with Gasteiger partial charge in [-0.05, 0) is 19.3 Å². The monoisotopic (exact) mass is 266 g/mol. The summed E-state index contributed by atoms with van der Waals surface area (Å²) in [5.74, 6) is -2.49. The van der Waals surface area contributed by atoms with Gasteiger partial charge in [0.2, 0.25) is 5.91 Å². The lowest BCUT2D eigenvalue weighted by molar-refractivity contribution is -0.184. The van der Waals surface area contributed by atoms with Crippen molar-refractivity contribution in [2.75, 3.05) is 13.2 Å². The fourth-order valence-corrected chi connectivity index (χ4v) is 2.09. The molecule has 0 aromatic rings. The van der Waals surface area contributed by atoms with Crippen LogP contribution in [0.4, 0.5) is 13.2 Å². The van der Waals surface area contributed by atoms with E-state index in [1.54, 1.807) is 0 Å². The quantitative estimate of drug-likeness (QED) is 0.707. The summed E-state index contributed by atoms with van der Waals surface area (Å²) in [5.41, 5.74) is 0. The van der Waals surface area contributed by atoms with Gasteiger partial charge in [0.25, 0.3) is 5.91 Å². The van der Waals surface area contributed by atoms with Crippen LogP contribution in [0.5, 0.6) is 0 Å². The van der Waals surface area contributed by atoms with E-state index in [0.29, 0.717) is 19.6 Å². The molecule has 2 amide bonds. The topological polar surface area (TPSA) is 58.6 Å². The molecule has 2 aliphatic rings. The Labute approximate surface area is 101 Å². The SMILES string of the molecule is O=C1NC(C(F)(F)F)CCC1C(=O)N1CCCO1. The number of alkyl halides is 3. The molecule has 2 unspecified atom stereocenters. The van der Waals surface area contributed by atoms with Crippen LogP contribution >= 0.6 is 0 Å². The second-order valence-electron chi connectivity index (χ2n) is 4.36. The van der Waals surface area contributed by atoms with E-state index in [1.807, 2.05) is 5.32 Å². The van der Waals surface area contributed by atoms with Gasteiger partial charge >= 0.3 is 6.18 Å². The zero-order valence-electron chi connectivity index (χ0n) is 9.50. The molecule has 0 aliphatic carbocycles. The van der Waals surface area contributed by atoms with Crippen LogP contribution in [0.2, 0.25) is 0 Å². The van der Waals surface area contributed by atoms with Gasteiger partial charge in [-0.3, -0.25) is 14.4 Å². The molecule has 0 spiro atoms. The third kappa shape index (κ3) is 2.58. The highest BCUT2D eigenvalue weighted by Gasteiger charge is 2.46. The van der Waals surface area contributed by atoms with Crippen LogP contribution in [0.15, 0.2) is 0 Å². The van der Waals surface area contributed by atoms with E-state index >= 15 is 0 Å². The smallest absolute Gasteiger partial charge is 0.344 e. The van der Waals surface area contributed by atoms with Crippen LogP contribution in [0.25, 0.3) is 0 Å². The summed E-state index contributed by atoms with van der Waals surface area (Å²) in [6, 6.07) is -1.85. The van der Waals surface area contributed by atoms with Gasteiger partial charge in [-0.2, -0.15) is 13.2 Å². The Hall–Kier alpha value is -1.31. The number of halogens is 3. The number of nitrogens with zero attached hydrogens (tertiary/aromatic N) is 1. The highest BCUT2D eigenvalue weighted by Crippen LogP contribution is 2.29. The number of piperidine rings is 1. The number of hydroxylamine groups is 2. The van der Waals surface area contributed by atoms with E-state index in [0.717, 1.165) is 5.06 Å². The van der Waals surface area contributed by atoms with Crippen molar-refractivity contribution in [3.8, 4) is 0 Å². The van der Waals surface area contributed by atoms with Gasteiger partial charge in [0.1, 0.15) is 12.0 Å². The van der Waals surface area contributed by atoms with Gasteiger partial charge in [0, 0.05) is 0 Å². The van der Waals surface area contributed by atoms with E-state index in [9.17, 15) is 22.8 Å². The first-order chi connectivity index (χ1) is 8.39. The Morgan fingerprint density at radius 1 is 1.39 bits per heavy atom. The minimum absolute atomic E-state index is 0.102. The number of rotatable bonds is 1. The third-order valence-corrected chi connectivity index (χ3v) is 3.07. The van der Waals surface area contributed by atoms with Crippen molar-refractivity contribution >= 4 is 11.8 Å². The summed E-state index contributed by atoms with van der Waals surface area (Å²) in [7, 11) is 0. The number of carbonyl (C=O) groups excluding carboxylic acids is 2. The van der Waals surface area contributed by atoms with Crippen LogP contribution < -0.4 is 5.32 Å². The summed E-state index contributed by atoms with van der Waals surface area (Å²) >= 11 is 0. The molecule has 2 saturated heterocycles. The van der Waals surface area contributed by atoms with Gasteiger partial charge in [-0.1, -0.05) is 0 Å².